The van der Waals surface area contributed by atoms with E-state index >= 15 is 0 Å². The van der Waals surface area contributed by atoms with Crippen molar-refractivity contribution < 1.29 is 4.79 Å². The lowest BCUT2D eigenvalue weighted by molar-refractivity contribution is 0.0934. The first-order chi connectivity index (χ1) is 9.06. The number of nitrogens with two attached hydrogens (primary N) is 1. The van der Waals surface area contributed by atoms with Gasteiger partial charge in [-0.05, 0) is 31.5 Å². The van der Waals surface area contributed by atoms with Gasteiger partial charge in [-0.3, -0.25) is 9.78 Å². The van der Waals surface area contributed by atoms with Crippen LogP contribution in [0, 0.1) is 6.92 Å². The number of nitrogen functional groups attached to an aromatic ring is 1. The average molecular weight is 256 g/mol. The number of hydrogen-bond acceptors (Lipinski definition) is 4. The second-order valence-electron chi connectivity index (χ2n) is 4.40. The highest BCUT2D eigenvalue weighted by atomic mass is 16.1. The van der Waals surface area contributed by atoms with Crippen LogP contribution in [0.15, 0.2) is 36.7 Å². The summed E-state index contributed by atoms with van der Waals surface area (Å²) in [4.78, 5) is 20.1. The number of nitrogens with one attached hydrogen (secondary N) is 1. The van der Waals surface area contributed by atoms with Gasteiger partial charge in [0, 0.05) is 11.9 Å². The van der Waals surface area contributed by atoms with Crippen molar-refractivity contribution in [3.05, 3.63) is 53.6 Å². The standard InChI is InChI=1S/C14H16N4O/c1-9-7-17-13(8-16-9)14(19)18-10(2)11-3-5-12(15)6-4-11/h3-8,10H,15H2,1-2H3,(H,18,19). The van der Waals surface area contributed by atoms with E-state index in [9.17, 15) is 4.79 Å². The summed E-state index contributed by atoms with van der Waals surface area (Å²) in [6, 6.07) is 7.28. The van der Waals surface area contributed by atoms with Gasteiger partial charge in [0.05, 0.1) is 17.9 Å². The molecule has 5 nitrogen and oxygen atoms in total. The molecular weight excluding hydrogens is 240 g/mol. The van der Waals surface area contributed by atoms with Gasteiger partial charge in [0.2, 0.25) is 0 Å². The molecule has 0 aliphatic rings. The fraction of sp³-hybridized carbons (Fsp3) is 0.214. The Kier molecular flexibility index (Phi) is 3.75. The van der Waals surface area contributed by atoms with Gasteiger partial charge in [0.1, 0.15) is 5.69 Å². The van der Waals surface area contributed by atoms with Crippen molar-refractivity contribution in [3.63, 3.8) is 0 Å². The fourth-order valence-electron chi connectivity index (χ4n) is 1.65. The molecule has 1 amide bonds. The minimum Gasteiger partial charge on any atom is -0.399 e. The number of carbonyl (C=O) groups excluding carboxylic acids is 1. The second-order valence-corrected chi connectivity index (χ2v) is 4.40. The number of rotatable bonds is 3. The lowest BCUT2D eigenvalue weighted by atomic mass is 10.1. The molecule has 3 N–H and O–H groups in total. The summed E-state index contributed by atoms with van der Waals surface area (Å²) in [5.41, 5.74) is 8.41. The van der Waals surface area contributed by atoms with E-state index in [1.54, 1.807) is 6.20 Å². The summed E-state index contributed by atoms with van der Waals surface area (Å²) < 4.78 is 0. The van der Waals surface area contributed by atoms with E-state index in [0.717, 1.165) is 11.3 Å². The zero-order chi connectivity index (χ0) is 13.8. The zero-order valence-electron chi connectivity index (χ0n) is 10.9. The van der Waals surface area contributed by atoms with Crippen LogP contribution >= 0.6 is 0 Å². The van der Waals surface area contributed by atoms with Crippen LogP contribution in [-0.4, -0.2) is 15.9 Å². The molecule has 2 rings (SSSR count). The van der Waals surface area contributed by atoms with Crippen molar-refractivity contribution >= 4 is 11.6 Å². The molecule has 0 spiro atoms. The van der Waals surface area contributed by atoms with Crippen molar-refractivity contribution in [1.82, 2.24) is 15.3 Å². The molecule has 0 saturated heterocycles. The van der Waals surface area contributed by atoms with E-state index in [4.69, 9.17) is 5.73 Å². The van der Waals surface area contributed by atoms with E-state index in [1.807, 2.05) is 38.1 Å². The highest BCUT2D eigenvalue weighted by Crippen LogP contribution is 2.14. The molecule has 0 radical (unpaired) electrons. The van der Waals surface area contributed by atoms with E-state index < -0.39 is 0 Å². The van der Waals surface area contributed by atoms with Crippen molar-refractivity contribution in [2.75, 3.05) is 5.73 Å². The molecule has 1 aromatic carbocycles. The summed E-state index contributed by atoms with van der Waals surface area (Å²) in [5.74, 6) is -0.239. The number of anilines is 1. The minimum absolute atomic E-state index is 0.115. The number of amides is 1. The number of aryl methyl sites for hydroxylation is 1. The highest BCUT2D eigenvalue weighted by Gasteiger charge is 2.12. The predicted molar refractivity (Wildman–Crippen MR) is 73.5 cm³/mol. The summed E-state index contributed by atoms with van der Waals surface area (Å²) in [6.45, 7) is 3.73. The maximum absolute atomic E-state index is 12.0. The molecule has 0 aliphatic carbocycles. The molecule has 0 aliphatic heterocycles. The SMILES string of the molecule is Cc1cnc(C(=O)NC(C)c2ccc(N)cc2)cn1. The van der Waals surface area contributed by atoms with Crippen LogP contribution in [0.25, 0.3) is 0 Å². The third-order valence-corrected chi connectivity index (χ3v) is 2.80. The Morgan fingerprint density at radius 1 is 1.21 bits per heavy atom. The van der Waals surface area contributed by atoms with Crippen LogP contribution in [-0.2, 0) is 0 Å². The Labute approximate surface area is 111 Å². The Hall–Kier alpha value is -2.43. The largest absolute Gasteiger partial charge is 0.399 e. The van der Waals surface area contributed by atoms with Crippen LogP contribution in [0.2, 0.25) is 0 Å². The van der Waals surface area contributed by atoms with Crippen LogP contribution in [0.5, 0.6) is 0 Å². The molecule has 1 unspecified atom stereocenters. The van der Waals surface area contributed by atoms with Gasteiger partial charge in [-0.2, -0.15) is 0 Å². The molecule has 98 valence electrons. The summed E-state index contributed by atoms with van der Waals surface area (Å²) in [5, 5.41) is 2.87. The molecule has 5 heteroatoms. The first kappa shape index (κ1) is 13.0. The van der Waals surface area contributed by atoms with Gasteiger partial charge in [0.15, 0.2) is 0 Å². The molecular formula is C14H16N4O. The molecule has 1 atom stereocenters. The van der Waals surface area contributed by atoms with Crippen molar-refractivity contribution in [2.24, 2.45) is 0 Å². The monoisotopic (exact) mass is 256 g/mol. The third kappa shape index (κ3) is 3.28. The maximum atomic E-state index is 12.0. The minimum atomic E-state index is -0.239. The van der Waals surface area contributed by atoms with Crippen LogP contribution in [0.1, 0.15) is 34.7 Å². The van der Waals surface area contributed by atoms with E-state index in [1.165, 1.54) is 6.20 Å². The van der Waals surface area contributed by atoms with Gasteiger partial charge in [-0.15, -0.1) is 0 Å². The van der Waals surface area contributed by atoms with Gasteiger partial charge >= 0.3 is 0 Å². The number of nitrogens with zero attached hydrogens (tertiary/aromatic N) is 2. The number of aromatic nitrogens is 2. The maximum Gasteiger partial charge on any atom is 0.271 e. The van der Waals surface area contributed by atoms with Crippen LogP contribution in [0.3, 0.4) is 0 Å². The molecule has 0 fully saturated rings. The lowest BCUT2D eigenvalue weighted by Crippen LogP contribution is -2.27. The predicted octanol–water partition coefficient (Wildman–Crippen LogP) is 1.86. The van der Waals surface area contributed by atoms with Gasteiger partial charge in [-0.25, -0.2) is 4.98 Å². The molecule has 1 aromatic heterocycles. The quantitative estimate of drug-likeness (QED) is 0.821. The van der Waals surface area contributed by atoms with Crippen LogP contribution in [0.4, 0.5) is 5.69 Å². The second kappa shape index (κ2) is 5.48. The van der Waals surface area contributed by atoms with Crippen molar-refractivity contribution in [3.8, 4) is 0 Å². The topological polar surface area (TPSA) is 80.9 Å². The van der Waals surface area contributed by atoms with Gasteiger partial charge < -0.3 is 11.1 Å². The summed E-state index contributed by atoms with van der Waals surface area (Å²) >= 11 is 0. The molecule has 0 bridgehead atoms. The van der Waals surface area contributed by atoms with E-state index in [2.05, 4.69) is 15.3 Å². The van der Waals surface area contributed by atoms with Crippen LogP contribution < -0.4 is 11.1 Å². The lowest BCUT2D eigenvalue weighted by Gasteiger charge is -2.14. The summed E-state index contributed by atoms with van der Waals surface area (Å²) in [7, 11) is 0. The smallest absolute Gasteiger partial charge is 0.271 e. The normalized spacial score (nSPS) is 11.9. The van der Waals surface area contributed by atoms with Gasteiger partial charge in [-0.1, -0.05) is 12.1 Å². The van der Waals surface area contributed by atoms with E-state index in [0.29, 0.717) is 11.4 Å². The molecule has 2 aromatic rings. The number of benzene rings is 1. The third-order valence-electron chi connectivity index (χ3n) is 2.80. The summed E-state index contributed by atoms with van der Waals surface area (Å²) in [6.07, 6.45) is 3.04. The average Bonchev–Trinajstić information content (AvgIpc) is 2.40. The first-order valence-electron chi connectivity index (χ1n) is 6.01. The fourth-order valence-corrected chi connectivity index (χ4v) is 1.65. The molecule has 0 saturated carbocycles. The van der Waals surface area contributed by atoms with E-state index in [-0.39, 0.29) is 11.9 Å². The van der Waals surface area contributed by atoms with Crippen molar-refractivity contribution in [2.45, 2.75) is 19.9 Å². The highest BCUT2D eigenvalue weighted by molar-refractivity contribution is 5.92. The Morgan fingerprint density at radius 3 is 2.47 bits per heavy atom. The number of carbonyl (C=O) groups is 1. The first-order valence-corrected chi connectivity index (χ1v) is 6.01. The Morgan fingerprint density at radius 2 is 1.89 bits per heavy atom. The van der Waals surface area contributed by atoms with Crippen molar-refractivity contribution in [1.29, 1.82) is 0 Å². The van der Waals surface area contributed by atoms with Gasteiger partial charge in [0.25, 0.3) is 5.91 Å². The molecule has 1 heterocycles. The Balaban J connectivity index is 2.06. The number of hydrogen-bond donors (Lipinski definition) is 2. The Bertz CT molecular complexity index is 563. The zero-order valence-corrected chi connectivity index (χ0v) is 10.9. The molecule has 19 heavy (non-hydrogen) atoms.